The number of carbonyl (C=O) groups is 1. The van der Waals surface area contributed by atoms with E-state index in [0.29, 0.717) is 19.5 Å². The normalized spacial score (nSPS) is 14.5. The van der Waals surface area contributed by atoms with E-state index in [1.54, 1.807) is 6.33 Å². The van der Waals surface area contributed by atoms with Crippen molar-refractivity contribution in [3.63, 3.8) is 0 Å². The van der Waals surface area contributed by atoms with Gasteiger partial charge in [-0.25, -0.2) is 9.97 Å². The molecule has 0 atom stereocenters. The Morgan fingerprint density at radius 1 is 0.885 bits per heavy atom. The minimum absolute atomic E-state index is 0.187. The quantitative estimate of drug-likeness (QED) is 0.726. The molecule has 3 aromatic rings. The van der Waals surface area contributed by atoms with E-state index in [1.807, 2.05) is 70.4 Å². The highest BCUT2D eigenvalue weighted by Crippen LogP contribution is 2.16. The average Bonchev–Trinajstić information content (AvgIpc) is 3.24. The first-order chi connectivity index (χ1) is 12.8. The van der Waals surface area contributed by atoms with Crippen LogP contribution >= 0.6 is 0 Å². The molecule has 0 radical (unpaired) electrons. The van der Waals surface area contributed by atoms with Crippen molar-refractivity contribution in [1.29, 1.82) is 0 Å². The highest BCUT2D eigenvalue weighted by molar-refractivity contribution is 5.79. The van der Waals surface area contributed by atoms with Gasteiger partial charge >= 0.3 is 0 Å². The summed E-state index contributed by atoms with van der Waals surface area (Å²) in [5.74, 6) is 1.94. The Morgan fingerprint density at radius 3 is 2.31 bits per heavy atom. The van der Waals surface area contributed by atoms with Gasteiger partial charge < -0.3 is 14.4 Å². The van der Waals surface area contributed by atoms with Crippen LogP contribution in [-0.2, 0) is 11.2 Å². The van der Waals surface area contributed by atoms with E-state index in [9.17, 15) is 4.79 Å². The molecular weight excluding hydrogens is 326 g/mol. The Balaban J connectivity index is 1.38. The third-order valence-corrected chi connectivity index (χ3v) is 4.66. The topological polar surface area (TPSA) is 54.3 Å². The summed E-state index contributed by atoms with van der Waals surface area (Å²) in [7, 11) is 0. The van der Waals surface area contributed by atoms with E-state index < -0.39 is 0 Å². The molecule has 0 aliphatic carbocycles. The fourth-order valence-corrected chi connectivity index (χ4v) is 3.21. The predicted molar refractivity (Wildman–Crippen MR) is 100 cm³/mol. The standard InChI is InChI=1S/C20H21N5O/c26-20(14-17-6-2-1-3-7-17)25-12-10-24(11-13-25)19-15-18(21-16-22-19)23-8-4-5-9-23/h1-9,15-16H,10-14H2. The first-order valence-corrected chi connectivity index (χ1v) is 8.82. The molecule has 1 aromatic carbocycles. The molecule has 2 aromatic heterocycles. The van der Waals surface area contributed by atoms with Gasteiger partial charge in [0.25, 0.3) is 0 Å². The number of aromatic nitrogens is 3. The van der Waals surface area contributed by atoms with Crippen LogP contribution in [0.4, 0.5) is 5.82 Å². The zero-order valence-electron chi connectivity index (χ0n) is 14.5. The molecule has 0 N–H and O–H groups in total. The fraction of sp³-hybridized carbons (Fsp3) is 0.250. The van der Waals surface area contributed by atoms with E-state index >= 15 is 0 Å². The van der Waals surface area contributed by atoms with Gasteiger partial charge in [-0.1, -0.05) is 30.3 Å². The number of nitrogens with zero attached hydrogens (tertiary/aromatic N) is 5. The summed E-state index contributed by atoms with van der Waals surface area (Å²) in [5, 5.41) is 0. The van der Waals surface area contributed by atoms with Crippen molar-refractivity contribution in [3.8, 4) is 5.82 Å². The van der Waals surface area contributed by atoms with Gasteiger partial charge in [-0.3, -0.25) is 4.79 Å². The lowest BCUT2D eigenvalue weighted by molar-refractivity contribution is -0.130. The maximum Gasteiger partial charge on any atom is 0.227 e. The first kappa shape index (κ1) is 16.3. The maximum absolute atomic E-state index is 12.5. The summed E-state index contributed by atoms with van der Waals surface area (Å²) in [6, 6.07) is 15.8. The molecule has 3 heterocycles. The molecule has 0 bridgehead atoms. The lowest BCUT2D eigenvalue weighted by Crippen LogP contribution is -2.49. The van der Waals surface area contributed by atoms with Gasteiger partial charge in [0.1, 0.15) is 18.0 Å². The summed E-state index contributed by atoms with van der Waals surface area (Å²) in [6.07, 6.45) is 5.99. The van der Waals surface area contributed by atoms with Gasteiger partial charge in [-0.2, -0.15) is 0 Å². The molecule has 1 fully saturated rings. The third-order valence-electron chi connectivity index (χ3n) is 4.66. The molecule has 1 amide bonds. The van der Waals surface area contributed by atoms with Crippen molar-refractivity contribution in [3.05, 3.63) is 72.8 Å². The second kappa shape index (κ2) is 7.39. The summed E-state index contributed by atoms with van der Waals surface area (Å²) in [6.45, 7) is 2.99. The first-order valence-electron chi connectivity index (χ1n) is 8.82. The van der Waals surface area contributed by atoms with Crippen LogP contribution in [0.5, 0.6) is 0 Å². The number of rotatable bonds is 4. The van der Waals surface area contributed by atoms with Crippen molar-refractivity contribution >= 4 is 11.7 Å². The van der Waals surface area contributed by atoms with Crippen molar-refractivity contribution in [2.45, 2.75) is 6.42 Å². The van der Waals surface area contributed by atoms with Gasteiger partial charge in [-0.15, -0.1) is 0 Å². The third kappa shape index (κ3) is 3.59. The van der Waals surface area contributed by atoms with Crippen LogP contribution in [0.1, 0.15) is 5.56 Å². The zero-order chi connectivity index (χ0) is 17.8. The molecule has 0 unspecified atom stereocenters. The van der Waals surface area contributed by atoms with Gasteiger partial charge in [0, 0.05) is 44.6 Å². The predicted octanol–water partition coefficient (Wildman–Crippen LogP) is 2.16. The number of hydrogen-bond acceptors (Lipinski definition) is 4. The monoisotopic (exact) mass is 347 g/mol. The maximum atomic E-state index is 12.5. The molecular formula is C20H21N5O. The van der Waals surface area contributed by atoms with Gasteiger partial charge in [0.15, 0.2) is 0 Å². The van der Waals surface area contributed by atoms with Crippen molar-refractivity contribution in [2.24, 2.45) is 0 Å². The Labute approximate surface area is 152 Å². The summed E-state index contributed by atoms with van der Waals surface area (Å²) in [4.78, 5) is 25.4. The molecule has 26 heavy (non-hydrogen) atoms. The molecule has 0 spiro atoms. The smallest absolute Gasteiger partial charge is 0.227 e. The number of hydrogen-bond donors (Lipinski definition) is 0. The zero-order valence-corrected chi connectivity index (χ0v) is 14.5. The van der Waals surface area contributed by atoms with Crippen LogP contribution in [0.3, 0.4) is 0 Å². The lowest BCUT2D eigenvalue weighted by atomic mass is 10.1. The van der Waals surface area contributed by atoms with Crippen molar-refractivity contribution in [1.82, 2.24) is 19.4 Å². The molecule has 1 aliphatic rings. The summed E-state index contributed by atoms with van der Waals surface area (Å²) >= 11 is 0. The van der Waals surface area contributed by atoms with E-state index in [4.69, 9.17) is 0 Å². The van der Waals surface area contributed by atoms with E-state index in [1.165, 1.54) is 0 Å². The van der Waals surface area contributed by atoms with Crippen LogP contribution in [0.2, 0.25) is 0 Å². The Bertz CT molecular complexity index is 855. The lowest BCUT2D eigenvalue weighted by Gasteiger charge is -2.35. The van der Waals surface area contributed by atoms with Gasteiger partial charge in [-0.05, 0) is 17.7 Å². The number of benzene rings is 1. The van der Waals surface area contributed by atoms with Crippen LogP contribution in [0.15, 0.2) is 67.3 Å². The molecule has 132 valence electrons. The number of anilines is 1. The minimum atomic E-state index is 0.187. The van der Waals surface area contributed by atoms with Crippen molar-refractivity contribution in [2.75, 3.05) is 31.1 Å². The Hall–Kier alpha value is -3.15. The fourth-order valence-electron chi connectivity index (χ4n) is 3.21. The largest absolute Gasteiger partial charge is 0.353 e. The summed E-state index contributed by atoms with van der Waals surface area (Å²) in [5.41, 5.74) is 1.06. The van der Waals surface area contributed by atoms with Crippen LogP contribution in [-0.4, -0.2) is 51.5 Å². The molecule has 6 heteroatoms. The number of amides is 1. The van der Waals surface area contributed by atoms with E-state index in [-0.39, 0.29) is 5.91 Å². The number of piperazine rings is 1. The van der Waals surface area contributed by atoms with Crippen LogP contribution < -0.4 is 4.90 Å². The highest BCUT2D eigenvalue weighted by Gasteiger charge is 2.22. The molecule has 0 saturated carbocycles. The number of carbonyl (C=O) groups excluding carboxylic acids is 1. The Kier molecular flexibility index (Phi) is 4.64. The summed E-state index contributed by atoms with van der Waals surface area (Å²) < 4.78 is 1.96. The Morgan fingerprint density at radius 2 is 1.58 bits per heavy atom. The van der Waals surface area contributed by atoms with E-state index in [2.05, 4.69) is 14.9 Å². The SMILES string of the molecule is O=C(Cc1ccccc1)N1CCN(c2cc(-n3cccc3)ncn2)CC1. The van der Waals surface area contributed by atoms with Gasteiger partial charge in [0.2, 0.25) is 5.91 Å². The molecule has 1 aliphatic heterocycles. The molecule has 1 saturated heterocycles. The molecule has 4 rings (SSSR count). The van der Waals surface area contributed by atoms with Gasteiger partial charge in [0.05, 0.1) is 6.42 Å². The van der Waals surface area contributed by atoms with E-state index in [0.717, 1.165) is 30.3 Å². The average molecular weight is 347 g/mol. The van der Waals surface area contributed by atoms with Crippen molar-refractivity contribution < 1.29 is 4.79 Å². The second-order valence-electron chi connectivity index (χ2n) is 6.35. The van der Waals surface area contributed by atoms with Crippen LogP contribution in [0.25, 0.3) is 5.82 Å². The minimum Gasteiger partial charge on any atom is -0.353 e. The second-order valence-corrected chi connectivity index (χ2v) is 6.35. The highest BCUT2D eigenvalue weighted by atomic mass is 16.2. The van der Waals surface area contributed by atoms with Crippen LogP contribution in [0, 0.1) is 0 Å². The molecule has 6 nitrogen and oxygen atoms in total.